The summed E-state index contributed by atoms with van der Waals surface area (Å²) in [6, 6.07) is 2.08. The van der Waals surface area contributed by atoms with Gasteiger partial charge in [-0.3, -0.25) is 0 Å². The van der Waals surface area contributed by atoms with Gasteiger partial charge in [0.1, 0.15) is 5.82 Å². The molecular weight excluding hydrogens is 266 g/mol. The second kappa shape index (κ2) is 5.82. The highest BCUT2D eigenvalue weighted by Crippen LogP contribution is 2.25. The summed E-state index contributed by atoms with van der Waals surface area (Å²) in [5, 5.41) is 2.11. The average Bonchev–Trinajstić information content (AvgIpc) is 3.02. The lowest BCUT2D eigenvalue weighted by molar-refractivity contribution is 0.626. The van der Waals surface area contributed by atoms with Crippen LogP contribution in [0.5, 0.6) is 0 Å². The van der Waals surface area contributed by atoms with Crippen molar-refractivity contribution in [2.45, 2.75) is 39.2 Å². The quantitative estimate of drug-likeness (QED) is 0.862. The normalized spacial score (nSPS) is 13.7. The fraction of sp³-hybridized carbons (Fsp3) is 0.438. The first-order valence-corrected chi connectivity index (χ1v) is 7.97. The van der Waals surface area contributed by atoms with Gasteiger partial charge in [-0.05, 0) is 44.1 Å². The summed E-state index contributed by atoms with van der Waals surface area (Å²) in [7, 11) is 0. The van der Waals surface area contributed by atoms with Crippen LogP contribution in [0.15, 0.2) is 11.4 Å². The lowest BCUT2D eigenvalue weighted by Gasteiger charge is -2.14. The van der Waals surface area contributed by atoms with Gasteiger partial charge in [0.15, 0.2) is 0 Å². The SMILES string of the molecule is Cc1nc2c(n1Cc1sccc1C#CCN)CCCC2. The zero-order valence-electron chi connectivity index (χ0n) is 11.8. The first kappa shape index (κ1) is 13.4. The molecule has 0 bridgehead atoms. The van der Waals surface area contributed by atoms with Gasteiger partial charge in [0.05, 0.1) is 18.8 Å². The van der Waals surface area contributed by atoms with Gasteiger partial charge in [0, 0.05) is 16.1 Å². The van der Waals surface area contributed by atoms with Crippen molar-refractivity contribution in [3.05, 3.63) is 39.1 Å². The number of fused-ring (bicyclic) bond motifs is 1. The molecule has 0 aromatic carbocycles. The van der Waals surface area contributed by atoms with Gasteiger partial charge in [0.25, 0.3) is 0 Å². The molecule has 0 saturated carbocycles. The number of hydrogen-bond donors (Lipinski definition) is 1. The summed E-state index contributed by atoms with van der Waals surface area (Å²) in [6.45, 7) is 3.41. The number of nitrogens with zero attached hydrogens (tertiary/aromatic N) is 2. The van der Waals surface area contributed by atoms with E-state index in [2.05, 4.69) is 34.8 Å². The molecule has 3 rings (SSSR count). The van der Waals surface area contributed by atoms with Crippen LogP contribution in [-0.4, -0.2) is 16.1 Å². The second-order valence-corrected chi connectivity index (χ2v) is 6.11. The molecular formula is C16H19N3S. The van der Waals surface area contributed by atoms with Gasteiger partial charge in [0.2, 0.25) is 0 Å². The second-order valence-electron chi connectivity index (χ2n) is 5.11. The van der Waals surface area contributed by atoms with Gasteiger partial charge < -0.3 is 10.3 Å². The molecule has 2 aromatic heterocycles. The molecule has 0 aliphatic heterocycles. The Labute approximate surface area is 123 Å². The molecule has 0 unspecified atom stereocenters. The van der Waals surface area contributed by atoms with Crippen LogP contribution in [0.3, 0.4) is 0 Å². The predicted molar refractivity (Wildman–Crippen MR) is 83.0 cm³/mol. The molecule has 3 nitrogen and oxygen atoms in total. The molecule has 0 radical (unpaired) electrons. The minimum Gasteiger partial charge on any atom is -0.327 e. The van der Waals surface area contributed by atoms with Crippen LogP contribution in [0.2, 0.25) is 0 Å². The summed E-state index contributed by atoms with van der Waals surface area (Å²) < 4.78 is 2.37. The third-order valence-electron chi connectivity index (χ3n) is 3.80. The Hall–Kier alpha value is -1.57. The fourth-order valence-electron chi connectivity index (χ4n) is 2.81. The maximum absolute atomic E-state index is 5.46. The molecule has 0 saturated heterocycles. The number of imidazole rings is 1. The molecule has 2 heterocycles. The predicted octanol–water partition coefficient (Wildman–Crippen LogP) is 2.49. The van der Waals surface area contributed by atoms with Crippen molar-refractivity contribution < 1.29 is 0 Å². The lowest BCUT2D eigenvalue weighted by atomic mass is 10.0. The molecule has 0 spiro atoms. The zero-order valence-corrected chi connectivity index (χ0v) is 12.6. The standard InChI is InChI=1S/C16H19N3S/c1-12-18-14-6-2-3-7-15(14)19(12)11-16-13(5-4-9-17)8-10-20-16/h8,10H,2-3,6-7,9,11,17H2,1H3. The van der Waals surface area contributed by atoms with Crippen molar-refractivity contribution in [1.29, 1.82) is 0 Å². The highest BCUT2D eigenvalue weighted by Gasteiger charge is 2.18. The Balaban J connectivity index is 1.92. The number of nitrogens with two attached hydrogens (primary N) is 1. The van der Waals surface area contributed by atoms with E-state index in [1.165, 1.54) is 29.1 Å². The van der Waals surface area contributed by atoms with E-state index in [0.29, 0.717) is 6.54 Å². The van der Waals surface area contributed by atoms with Gasteiger partial charge in [-0.25, -0.2) is 4.98 Å². The molecule has 2 aromatic rings. The Morgan fingerprint density at radius 3 is 3.10 bits per heavy atom. The van der Waals surface area contributed by atoms with Gasteiger partial charge in [-0.2, -0.15) is 0 Å². The third kappa shape index (κ3) is 2.52. The van der Waals surface area contributed by atoms with E-state index < -0.39 is 0 Å². The van der Waals surface area contributed by atoms with Crippen LogP contribution >= 0.6 is 11.3 Å². The van der Waals surface area contributed by atoms with E-state index >= 15 is 0 Å². The lowest BCUT2D eigenvalue weighted by Crippen LogP contribution is -2.10. The van der Waals surface area contributed by atoms with E-state index in [1.807, 2.05) is 0 Å². The van der Waals surface area contributed by atoms with E-state index in [-0.39, 0.29) is 0 Å². The Bertz CT molecular complexity index is 670. The first-order chi connectivity index (χ1) is 9.79. The Kier molecular flexibility index (Phi) is 3.90. The third-order valence-corrected chi connectivity index (χ3v) is 4.70. The van der Waals surface area contributed by atoms with Crippen LogP contribution in [0.4, 0.5) is 0 Å². The largest absolute Gasteiger partial charge is 0.327 e. The smallest absolute Gasteiger partial charge is 0.106 e. The monoisotopic (exact) mass is 285 g/mol. The van der Waals surface area contributed by atoms with Crippen molar-refractivity contribution in [2.75, 3.05) is 6.54 Å². The molecule has 0 fully saturated rings. The average molecular weight is 285 g/mol. The van der Waals surface area contributed by atoms with Crippen molar-refractivity contribution in [2.24, 2.45) is 5.73 Å². The molecule has 1 aliphatic rings. The van der Waals surface area contributed by atoms with E-state index in [0.717, 1.165) is 30.8 Å². The fourth-order valence-corrected chi connectivity index (χ4v) is 3.63. The minimum atomic E-state index is 0.411. The number of thiophene rings is 1. The number of aromatic nitrogens is 2. The van der Waals surface area contributed by atoms with E-state index in [4.69, 9.17) is 10.7 Å². The van der Waals surface area contributed by atoms with Crippen LogP contribution < -0.4 is 5.73 Å². The van der Waals surface area contributed by atoms with Gasteiger partial charge >= 0.3 is 0 Å². The molecule has 20 heavy (non-hydrogen) atoms. The van der Waals surface area contributed by atoms with Crippen molar-refractivity contribution >= 4 is 11.3 Å². The maximum Gasteiger partial charge on any atom is 0.106 e. The summed E-state index contributed by atoms with van der Waals surface area (Å²) in [6.07, 6.45) is 4.84. The number of aryl methyl sites for hydroxylation is 2. The van der Waals surface area contributed by atoms with Crippen molar-refractivity contribution in [3.8, 4) is 11.8 Å². The summed E-state index contributed by atoms with van der Waals surface area (Å²) in [5.74, 6) is 7.24. The highest BCUT2D eigenvalue weighted by atomic mass is 32.1. The molecule has 2 N–H and O–H groups in total. The topological polar surface area (TPSA) is 43.8 Å². The molecule has 104 valence electrons. The summed E-state index contributed by atoms with van der Waals surface area (Å²) in [4.78, 5) is 6.04. The molecule has 0 amide bonds. The minimum absolute atomic E-state index is 0.411. The number of hydrogen-bond acceptors (Lipinski definition) is 3. The van der Waals surface area contributed by atoms with Crippen molar-refractivity contribution in [1.82, 2.24) is 9.55 Å². The van der Waals surface area contributed by atoms with Gasteiger partial charge in [-0.1, -0.05) is 11.8 Å². The Morgan fingerprint density at radius 2 is 2.25 bits per heavy atom. The van der Waals surface area contributed by atoms with Gasteiger partial charge in [-0.15, -0.1) is 11.3 Å². The Morgan fingerprint density at radius 1 is 1.40 bits per heavy atom. The summed E-state index contributed by atoms with van der Waals surface area (Å²) >= 11 is 1.77. The summed E-state index contributed by atoms with van der Waals surface area (Å²) in [5.41, 5.74) is 9.31. The number of rotatable bonds is 2. The molecule has 0 atom stereocenters. The van der Waals surface area contributed by atoms with Crippen LogP contribution in [0.1, 0.15) is 40.5 Å². The maximum atomic E-state index is 5.46. The molecule has 1 aliphatic carbocycles. The van der Waals surface area contributed by atoms with Crippen LogP contribution in [0.25, 0.3) is 0 Å². The van der Waals surface area contributed by atoms with Crippen LogP contribution in [0, 0.1) is 18.8 Å². The zero-order chi connectivity index (χ0) is 13.9. The van der Waals surface area contributed by atoms with E-state index in [9.17, 15) is 0 Å². The highest BCUT2D eigenvalue weighted by molar-refractivity contribution is 7.10. The van der Waals surface area contributed by atoms with Crippen molar-refractivity contribution in [3.63, 3.8) is 0 Å². The first-order valence-electron chi connectivity index (χ1n) is 7.09. The van der Waals surface area contributed by atoms with E-state index in [1.54, 1.807) is 11.3 Å². The van der Waals surface area contributed by atoms with Crippen LogP contribution in [-0.2, 0) is 19.4 Å². The molecule has 4 heteroatoms.